The fourth-order valence-corrected chi connectivity index (χ4v) is 21.7. The highest BCUT2D eigenvalue weighted by molar-refractivity contribution is 7.73. The number of hydrogen-bond donors (Lipinski definition) is 0. The lowest BCUT2D eigenvalue weighted by Gasteiger charge is -2.32. The van der Waals surface area contributed by atoms with E-state index in [4.69, 9.17) is 13.3 Å². The van der Waals surface area contributed by atoms with Gasteiger partial charge in [-0.3, -0.25) is 0 Å². The van der Waals surface area contributed by atoms with Crippen molar-refractivity contribution in [2.45, 2.75) is 0 Å². The largest absolute Gasteiger partial charge is 0.650 e. The first-order valence-electron chi connectivity index (χ1n) is 39.0. The summed E-state index contributed by atoms with van der Waals surface area (Å²) in [5, 5.41) is 5.96. The van der Waals surface area contributed by atoms with E-state index in [2.05, 4.69) is 473 Å². The Hall–Kier alpha value is -12.8. The third-order valence-corrected chi connectivity index (χ3v) is 27.1. The third-order valence-electron chi connectivity index (χ3n) is 21.0. The van der Waals surface area contributed by atoms with Crippen LogP contribution in [-0.4, -0.2) is 7.32 Å². The number of hydrogen-bond acceptors (Lipinski definition) is 3. The van der Waals surface area contributed by atoms with Crippen molar-refractivity contribution in [3.63, 3.8) is 0 Å². The fraction of sp³-hybridized carbons (Fsp3) is 0. The molecule has 0 heterocycles. The topological polar surface area (TPSA) is 27.7 Å². The van der Waals surface area contributed by atoms with E-state index in [9.17, 15) is 0 Å². The molecule has 0 radical (unpaired) electrons. The van der Waals surface area contributed by atoms with Crippen molar-refractivity contribution in [1.29, 1.82) is 0 Å². The van der Waals surface area contributed by atoms with E-state index in [1.807, 2.05) is 0 Å². The summed E-state index contributed by atoms with van der Waals surface area (Å²) in [5.74, 6) is 0. The van der Waals surface area contributed by atoms with Crippen LogP contribution in [0.1, 0.15) is 0 Å². The molecule has 115 heavy (non-hydrogen) atoms. The molecule has 0 fully saturated rings. The van der Waals surface area contributed by atoms with E-state index in [0.717, 1.165) is 165 Å². The maximum absolute atomic E-state index is 8.67. The van der Waals surface area contributed by atoms with Gasteiger partial charge in [0.2, 0.25) is 0 Å². The van der Waals surface area contributed by atoms with E-state index in [1.165, 1.54) is 0 Å². The highest BCUT2D eigenvalue weighted by atomic mass is 31.1. The predicted octanol–water partition coefficient (Wildman–Crippen LogP) is 27.2. The summed E-state index contributed by atoms with van der Waals surface area (Å²) < 4.78 is 26.0. The first kappa shape index (κ1) is 73.7. The first-order valence-corrected chi connectivity index (χ1v) is 42.7. The van der Waals surface area contributed by atoms with Crippen molar-refractivity contribution < 1.29 is 13.3 Å². The highest BCUT2D eigenvalue weighted by Crippen LogP contribution is 2.53. The molecule has 0 unspecified atom stereocenters. The molecule has 18 rings (SSSR count). The van der Waals surface area contributed by atoms with Crippen LogP contribution in [0.5, 0.6) is 0 Å². The van der Waals surface area contributed by atoms with E-state index < -0.39 is 31.8 Å². The van der Waals surface area contributed by atoms with Crippen LogP contribution in [0.4, 0.5) is 0 Å². The molecular weight excluding hydrogens is 1450 g/mol. The van der Waals surface area contributed by atoms with Crippen LogP contribution in [0.15, 0.2) is 473 Å². The van der Waals surface area contributed by atoms with Gasteiger partial charge < -0.3 is 13.3 Å². The number of benzene rings is 18. The molecule has 0 N–H and O–H groups in total. The maximum Gasteiger partial charge on any atom is 0.650 e. The fourth-order valence-electron chi connectivity index (χ4n) is 15.4. The molecule has 0 saturated carbocycles. The molecule has 0 aromatic heterocycles. The van der Waals surface area contributed by atoms with Gasteiger partial charge in [-0.25, -0.2) is 0 Å². The Balaban J connectivity index is 0.908. The van der Waals surface area contributed by atoms with Gasteiger partial charge in [0.15, 0.2) is 0 Å². The quantitative estimate of drug-likeness (QED) is 0.0446. The zero-order valence-electron chi connectivity index (χ0n) is 63.2. The van der Waals surface area contributed by atoms with E-state index >= 15 is 0 Å². The summed E-state index contributed by atoms with van der Waals surface area (Å²) in [5.41, 5.74) is 25.9. The minimum Gasteiger partial charge on any atom is -0.354 e. The molecule has 0 saturated heterocycles. The van der Waals surface area contributed by atoms with Gasteiger partial charge >= 0.3 is 7.32 Å². The van der Waals surface area contributed by atoms with Gasteiger partial charge in [-0.2, -0.15) is 0 Å². The molecule has 0 amide bonds. The molecule has 546 valence electrons. The monoisotopic (exact) mass is 1530 g/mol. The van der Waals surface area contributed by atoms with Crippen LogP contribution in [0.25, 0.3) is 134 Å². The van der Waals surface area contributed by atoms with Gasteiger partial charge in [0.1, 0.15) is 0 Å². The minimum atomic E-state index is -2.00. The van der Waals surface area contributed by atoms with Crippen molar-refractivity contribution in [2.75, 3.05) is 0 Å². The Bertz CT molecular complexity index is 5370. The van der Waals surface area contributed by atoms with Crippen LogP contribution in [0, 0.1) is 0 Å². The van der Waals surface area contributed by atoms with E-state index in [1.54, 1.807) is 0 Å². The molecule has 3 nitrogen and oxygen atoms in total. The molecule has 0 bridgehead atoms. The smallest absolute Gasteiger partial charge is 0.354 e. The average molecular weight is 1530 g/mol. The highest BCUT2D eigenvalue weighted by Gasteiger charge is 2.41. The summed E-state index contributed by atoms with van der Waals surface area (Å²) in [7, 11) is -7.43. The molecule has 0 atom stereocenters. The Labute approximate surface area is 678 Å². The summed E-state index contributed by atoms with van der Waals surface area (Å²) >= 11 is 0. The van der Waals surface area contributed by atoms with Gasteiger partial charge in [0.05, 0.1) is 24.4 Å². The van der Waals surface area contributed by atoms with Crippen molar-refractivity contribution in [3.8, 4) is 134 Å². The molecule has 0 aliphatic heterocycles. The Morgan fingerprint density at radius 3 is 0.417 bits per heavy atom. The second-order valence-corrected chi connectivity index (χ2v) is 33.6. The molecule has 0 aliphatic rings. The lowest BCUT2D eigenvalue weighted by molar-refractivity contribution is 0.362. The Morgan fingerprint density at radius 1 is 0.122 bits per heavy atom. The van der Waals surface area contributed by atoms with Crippen molar-refractivity contribution in [3.05, 3.63) is 473 Å². The SMILES string of the molecule is c1ccc(-c2cccc(-c3ccccc3P(OB(OP(c3ccccc3-c3cccc(-c4ccccc4)c3)c3ccccc3-c3cccc(-c4ccccc4)c3)OP(c3ccccc3-c3cccc(-c4ccccc4)c3)c3ccccc3-c3cccc(-c4ccccc4)c3)c3ccccc3-c3cccc(-c4ccccc4)c3)c2)cc1. The second kappa shape index (κ2) is 35.1. The standard InChI is InChI=1S/C108H78BO3P3/c1-7-37-79(38-8-1)85-49-31-55-91(73-85)97-61-19-25-67-103(97)113(104-68-26-20-62-98(104)92-56-32-50-86(74-92)80-39-9-2-10-40-80)110-109(111-114(105-69-27-21-63-99(105)93-57-33-51-87(75-93)81-41-11-3-12-42-81)106-70-28-22-64-100(106)94-58-34-52-88(76-94)82-43-13-4-14-44-82)112-115(107-71-29-23-65-101(107)95-59-35-53-89(77-95)83-45-15-5-16-46-83)108-72-30-24-66-102(108)96-60-36-54-90(78-96)84-47-17-6-18-48-84/h1-78H. The van der Waals surface area contributed by atoms with Crippen molar-refractivity contribution >= 4 is 63.6 Å². The Kier molecular flexibility index (Phi) is 22.5. The van der Waals surface area contributed by atoms with E-state index in [0.29, 0.717) is 0 Å². The number of rotatable bonds is 24. The van der Waals surface area contributed by atoms with Gasteiger partial charge in [-0.1, -0.05) is 437 Å². The van der Waals surface area contributed by atoms with Crippen LogP contribution in [0.2, 0.25) is 0 Å². The first-order chi connectivity index (χ1) is 57.0. The summed E-state index contributed by atoms with van der Waals surface area (Å²) in [4.78, 5) is 0. The molecule has 0 aliphatic carbocycles. The van der Waals surface area contributed by atoms with E-state index in [-0.39, 0.29) is 0 Å². The van der Waals surface area contributed by atoms with Gasteiger partial charge in [0.25, 0.3) is 0 Å². The minimum absolute atomic E-state index is 0.993. The second-order valence-electron chi connectivity index (χ2n) is 28.3. The molecule has 18 aromatic carbocycles. The molecule has 0 spiro atoms. The van der Waals surface area contributed by atoms with Gasteiger partial charge in [-0.15, -0.1) is 0 Å². The van der Waals surface area contributed by atoms with Gasteiger partial charge in [-0.05, 0) is 170 Å². The predicted molar refractivity (Wildman–Crippen MR) is 491 cm³/mol. The van der Waals surface area contributed by atoms with Crippen molar-refractivity contribution in [2.24, 2.45) is 0 Å². The summed E-state index contributed by atoms with van der Waals surface area (Å²) in [6.07, 6.45) is 0. The third kappa shape index (κ3) is 16.6. The maximum atomic E-state index is 8.67. The van der Waals surface area contributed by atoms with Crippen LogP contribution in [0.3, 0.4) is 0 Å². The lowest BCUT2D eigenvalue weighted by Crippen LogP contribution is -2.33. The van der Waals surface area contributed by atoms with Gasteiger partial charge in [0, 0.05) is 31.8 Å². The normalized spacial score (nSPS) is 11.3. The van der Waals surface area contributed by atoms with Crippen molar-refractivity contribution in [1.82, 2.24) is 0 Å². The zero-order valence-corrected chi connectivity index (χ0v) is 65.9. The van der Waals surface area contributed by atoms with Crippen LogP contribution < -0.4 is 31.8 Å². The summed E-state index contributed by atoms with van der Waals surface area (Å²) in [6, 6.07) is 171. The average Bonchev–Trinajstić information content (AvgIpc) is 0.771. The molecular formula is C108H78BO3P3. The summed E-state index contributed by atoms with van der Waals surface area (Å²) in [6.45, 7) is 0. The lowest BCUT2D eigenvalue weighted by atomic mass is 9.99. The van der Waals surface area contributed by atoms with Crippen LogP contribution in [-0.2, 0) is 13.3 Å². The molecule has 7 heteroatoms. The molecule has 18 aromatic rings. The van der Waals surface area contributed by atoms with Crippen LogP contribution >= 0.6 is 24.4 Å². The Morgan fingerprint density at radius 2 is 0.252 bits per heavy atom. The zero-order chi connectivity index (χ0) is 76.9.